The number of aromatic nitrogens is 2. The molecule has 0 bridgehead atoms. The van der Waals surface area contributed by atoms with E-state index >= 15 is 0 Å². The van der Waals surface area contributed by atoms with Crippen LogP contribution in [0.5, 0.6) is 0 Å². The molecule has 6 heteroatoms. The molecule has 0 unspecified atom stereocenters. The minimum Gasteiger partial charge on any atom is -0.338 e. The zero-order valence-corrected chi connectivity index (χ0v) is 9.21. The summed E-state index contributed by atoms with van der Waals surface area (Å²) in [4.78, 5) is 11.2. The van der Waals surface area contributed by atoms with Gasteiger partial charge in [-0.15, -0.1) is 10.2 Å². The lowest BCUT2D eigenvalue weighted by Gasteiger charge is -2.05. The lowest BCUT2D eigenvalue weighted by Crippen LogP contribution is -2.29. The number of hydrogen-bond acceptors (Lipinski definition) is 3. The molecular formula is C9H13ClN4O. The van der Waals surface area contributed by atoms with Crippen LogP contribution in [0.25, 0.3) is 0 Å². The zero-order valence-electron chi connectivity index (χ0n) is 8.46. The van der Waals surface area contributed by atoms with Crippen molar-refractivity contribution in [2.75, 3.05) is 11.9 Å². The standard InChI is InChI=1S/C9H13ClN4O/c1-2-3-6-11-9(15)12-8-5-4-7(10)13-14-8/h4-5H,2-3,6H2,1H3,(H2,11,12,14,15). The van der Waals surface area contributed by atoms with Gasteiger partial charge in [-0.05, 0) is 18.6 Å². The molecule has 5 nitrogen and oxygen atoms in total. The van der Waals surface area contributed by atoms with Gasteiger partial charge in [0.2, 0.25) is 0 Å². The van der Waals surface area contributed by atoms with Crippen LogP contribution in [-0.2, 0) is 0 Å². The second-order valence-corrected chi connectivity index (χ2v) is 3.36. The first-order chi connectivity index (χ1) is 7.22. The molecule has 1 heterocycles. The predicted octanol–water partition coefficient (Wildman–Crippen LogP) is 2.05. The van der Waals surface area contributed by atoms with Gasteiger partial charge < -0.3 is 5.32 Å². The summed E-state index contributed by atoms with van der Waals surface area (Å²) in [6.07, 6.45) is 2.00. The van der Waals surface area contributed by atoms with Crippen LogP contribution in [-0.4, -0.2) is 22.8 Å². The molecule has 0 aromatic carbocycles. The normalized spacial score (nSPS) is 9.73. The van der Waals surface area contributed by atoms with Crippen molar-refractivity contribution in [3.8, 4) is 0 Å². The largest absolute Gasteiger partial charge is 0.338 e. The number of urea groups is 1. The molecule has 0 saturated carbocycles. The molecule has 0 aliphatic carbocycles. The van der Waals surface area contributed by atoms with Crippen molar-refractivity contribution in [2.45, 2.75) is 19.8 Å². The van der Waals surface area contributed by atoms with Gasteiger partial charge in [-0.1, -0.05) is 24.9 Å². The van der Waals surface area contributed by atoms with Crippen molar-refractivity contribution < 1.29 is 4.79 Å². The van der Waals surface area contributed by atoms with Crippen molar-refractivity contribution in [1.82, 2.24) is 15.5 Å². The molecule has 2 amide bonds. The quantitative estimate of drug-likeness (QED) is 0.776. The first kappa shape index (κ1) is 11.7. The number of nitrogens with one attached hydrogen (secondary N) is 2. The second-order valence-electron chi connectivity index (χ2n) is 2.98. The Morgan fingerprint density at radius 3 is 2.87 bits per heavy atom. The third-order valence-electron chi connectivity index (χ3n) is 1.69. The number of nitrogens with zero attached hydrogens (tertiary/aromatic N) is 2. The Morgan fingerprint density at radius 2 is 2.27 bits per heavy atom. The van der Waals surface area contributed by atoms with Gasteiger partial charge in [-0.25, -0.2) is 4.79 Å². The van der Waals surface area contributed by atoms with Gasteiger partial charge in [0, 0.05) is 6.54 Å². The molecule has 1 aromatic rings. The zero-order chi connectivity index (χ0) is 11.1. The summed E-state index contributed by atoms with van der Waals surface area (Å²) in [5.41, 5.74) is 0. The van der Waals surface area contributed by atoms with Crippen LogP contribution in [0.3, 0.4) is 0 Å². The number of carbonyl (C=O) groups is 1. The van der Waals surface area contributed by atoms with Crippen LogP contribution in [0.2, 0.25) is 5.15 Å². The molecular weight excluding hydrogens is 216 g/mol. The Morgan fingerprint density at radius 1 is 1.47 bits per heavy atom. The van der Waals surface area contributed by atoms with Crippen LogP contribution in [0, 0.1) is 0 Å². The lowest BCUT2D eigenvalue weighted by atomic mass is 10.3. The number of anilines is 1. The third kappa shape index (κ3) is 4.60. The average molecular weight is 229 g/mol. The number of amides is 2. The predicted molar refractivity (Wildman–Crippen MR) is 59.0 cm³/mol. The fourth-order valence-corrected chi connectivity index (χ4v) is 1.02. The smallest absolute Gasteiger partial charge is 0.320 e. The minimum atomic E-state index is -0.278. The minimum absolute atomic E-state index is 0.278. The molecule has 0 aliphatic rings. The van der Waals surface area contributed by atoms with Gasteiger partial charge in [0.15, 0.2) is 11.0 Å². The summed E-state index contributed by atoms with van der Waals surface area (Å²) in [7, 11) is 0. The highest BCUT2D eigenvalue weighted by atomic mass is 35.5. The third-order valence-corrected chi connectivity index (χ3v) is 1.89. The van der Waals surface area contributed by atoms with E-state index in [0.717, 1.165) is 12.8 Å². The summed E-state index contributed by atoms with van der Waals surface area (Å²) in [6, 6.07) is 2.88. The Kier molecular flexibility index (Phi) is 4.83. The number of unbranched alkanes of at least 4 members (excludes halogenated alkanes) is 1. The number of rotatable bonds is 4. The highest BCUT2D eigenvalue weighted by molar-refractivity contribution is 6.29. The maximum atomic E-state index is 11.2. The number of carbonyl (C=O) groups excluding carboxylic acids is 1. The van der Waals surface area contributed by atoms with Gasteiger partial charge >= 0.3 is 6.03 Å². The number of halogens is 1. The first-order valence-electron chi connectivity index (χ1n) is 4.76. The molecule has 0 saturated heterocycles. The molecule has 0 fully saturated rings. The Balaban J connectivity index is 2.34. The fourth-order valence-electron chi connectivity index (χ4n) is 0.922. The molecule has 1 aromatic heterocycles. The van der Waals surface area contributed by atoms with Gasteiger partial charge in [-0.2, -0.15) is 0 Å². The Hall–Kier alpha value is -1.36. The molecule has 0 aliphatic heterocycles. The molecule has 82 valence electrons. The SMILES string of the molecule is CCCCNC(=O)Nc1ccc(Cl)nn1. The number of hydrogen-bond donors (Lipinski definition) is 2. The monoisotopic (exact) mass is 228 g/mol. The van der Waals surface area contributed by atoms with Crippen LogP contribution in [0.15, 0.2) is 12.1 Å². The maximum Gasteiger partial charge on any atom is 0.320 e. The fraction of sp³-hybridized carbons (Fsp3) is 0.444. The Labute approximate surface area is 93.2 Å². The van der Waals surface area contributed by atoms with Crippen LogP contribution in [0.1, 0.15) is 19.8 Å². The second kappa shape index (κ2) is 6.19. The summed E-state index contributed by atoms with van der Waals surface area (Å²) in [6.45, 7) is 2.72. The van der Waals surface area contributed by atoms with E-state index in [-0.39, 0.29) is 6.03 Å². The van der Waals surface area contributed by atoms with Crippen LogP contribution >= 0.6 is 11.6 Å². The van der Waals surface area contributed by atoms with Crippen molar-refractivity contribution >= 4 is 23.4 Å². The lowest BCUT2D eigenvalue weighted by molar-refractivity contribution is 0.252. The molecule has 2 N–H and O–H groups in total. The van der Waals surface area contributed by atoms with Gasteiger partial charge in [-0.3, -0.25) is 5.32 Å². The maximum absolute atomic E-state index is 11.2. The molecule has 0 radical (unpaired) electrons. The van der Waals surface area contributed by atoms with Crippen molar-refractivity contribution in [3.63, 3.8) is 0 Å². The van der Waals surface area contributed by atoms with Gasteiger partial charge in [0.25, 0.3) is 0 Å². The highest BCUT2D eigenvalue weighted by Gasteiger charge is 2.01. The van der Waals surface area contributed by atoms with E-state index in [1.165, 1.54) is 0 Å². The van der Waals surface area contributed by atoms with E-state index in [2.05, 4.69) is 27.8 Å². The Bertz CT molecular complexity index is 314. The summed E-state index contributed by atoms with van der Waals surface area (Å²) in [5, 5.41) is 12.8. The summed E-state index contributed by atoms with van der Waals surface area (Å²) < 4.78 is 0. The van der Waals surface area contributed by atoms with Crippen LogP contribution < -0.4 is 10.6 Å². The van der Waals surface area contributed by atoms with Gasteiger partial charge in [0.1, 0.15) is 0 Å². The molecule has 15 heavy (non-hydrogen) atoms. The van der Waals surface area contributed by atoms with E-state index < -0.39 is 0 Å². The van der Waals surface area contributed by atoms with E-state index in [1.807, 2.05) is 0 Å². The van der Waals surface area contributed by atoms with E-state index in [1.54, 1.807) is 12.1 Å². The summed E-state index contributed by atoms with van der Waals surface area (Å²) >= 11 is 5.55. The molecule has 0 atom stereocenters. The van der Waals surface area contributed by atoms with Crippen LogP contribution in [0.4, 0.5) is 10.6 Å². The topological polar surface area (TPSA) is 66.9 Å². The molecule has 0 spiro atoms. The van der Waals surface area contributed by atoms with E-state index in [0.29, 0.717) is 17.5 Å². The van der Waals surface area contributed by atoms with Crippen molar-refractivity contribution in [1.29, 1.82) is 0 Å². The summed E-state index contributed by atoms with van der Waals surface area (Å²) in [5.74, 6) is 0.383. The van der Waals surface area contributed by atoms with Crippen molar-refractivity contribution in [2.24, 2.45) is 0 Å². The molecule has 1 rings (SSSR count). The van der Waals surface area contributed by atoms with E-state index in [9.17, 15) is 4.79 Å². The average Bonchev–Trinajstić information content (AvgIpc) is 2.22. The highest BCUT2D eigenvalue weighted by Crippen LogP contribution is 2.05. The van der Waals surface area contributed by atoms with E-state index in [4.69, 9.17) is 11.6 Å². The van der Waals surface area contributed by atoms with Crippen molar-refractivity contribution in [3.05, 3.63) is 17.3 Å². The first-order valence-corrected chi connectivity index (χ1v) is 5.14. The van der Waals surface area contributed by atoms with Gasteiger partial charge in [0.05, 0.1) is 0 Å².